The molecule has 0 aromatic carbocycles. The van der Waals surface area contributed by atoms with E-state index in [9.17, 15) is 0 Å². The van der Waals surface area contributed by atoms with Crippen LogP contribution in [-0.2, 0) is 58.3 Å². The first-order valence-electron chi connectivity index (χ1n) is 0. The second kappa shape index (κ2) is 18.9. The van der Waals surface area contributed by atoms with Gasteiger partial charge in [0.15, 0.2) is 0 Å². The van der Waals surface area contributed by atoms with Gasteiger partial charge in [-0.05, 0) is 0 Å². The molecule has 0 aliphatic heterocycles. The van der Waals surface area contributed by atoms with E-state index >= 15 is 0 Å². The topological polar surface area (TPSA) is 0 Å². The fraction of sp³-hybridized carbons (Fsp3) is 0. The Morgan fingerprint density at radius 3 is 1.00 bits per heavy atom. The van der Waals surface area contributed by atoms with Gasteiger partial charge < -0.3 is 0 Å². The quantitative estimate of drug-likeness (QED) is 0.546. The second-order valence-corrected chi connectivity index (χ2v) is 0. The summed E-state index contributed by atoms with van der Waals surface area (Å²) >= 11 is 0. The summed E-state index contributed by atoms with van der Waals surface area (Å²) < 4.78 is 0. The van der Waals surface area contributed by atoms with Gasteiger partial charge in [-0.2, -0.15) is 13.5 Å². The molecular formula is H2AgNiSZn. The number of rotatable bonds is 0. The van der Waals surface area contributed by atoms with Crippen molar-refractivity contribution in [2.45, 2.75) is 0 Å². The van der Waals surface area contributed by atoms with Crippen molar-refractivity contribution in [1.82, 2.24) is 0 Å². The number of hydrogen-bond donors (Lipinski definition) is 0. The van der Waals surface area contributed by atoms with Crippen molar-refractivity contribution >= 4 is 13.5 Å². The van der Waals surface area contributed by atoms with Crippen LogP contribution in [0.15, 0.2) is 0 Å². The van der Waals surface area contributed by atoms with Crippen LogP contribution in [0.4, 0.5) is 0 Å². The van der Waals surface area contributed by atoms with E-state index in [0.29, 0.717) is 0 Å². The average Bonchev–Trinajstić information content (AvgIpc) is 0. The van der Waals surface area contributed by atoms with Crippen LogP contribution in [0.3, 0.4) is 0 Å². The second-order valence-electron chi connectivity index (χ2n) is 0. The zero-order chi connectivity index (χ0) is 0. The molecule has 0 aliphatic rings. The van der Waals surface area contributed by atoms with Crippen molar-refractivity contribution in [3.63, 3.8) is 0 Å². The minimum absolute atomic E-state index is 0. The summed E-state index contributed by atoms with van der Waals surface area (Å²) in [4.78, 5) is 0. The Morgan fingerprint density at radius 1 is 1.00 bits per heavy atom. The van der Waals surface area contributed by atoms with Crippen LogP contribution in [0.1, 0.15) is 0 Å². The summed E-state index contributed by atoms with van der Waals surface area (Å²) in [5.74, 6) is 0. The third kappa shape index (κ3) is 8.88. The molecule has 0 aromatic rings. The summed E-state index contributed by atoms with van der Waals surface area (Å²) in [6, 6.07) is 0. The fourth-order valence-corrected chi connectivity index (χ4v) is 0. The van der Waals surface area contributed by atoms with Crippen molar-refractivity contribution in [1.29, 1.82) is 0 Å². The predicted octanol–water partition coefficient (Wildman–Crippen LogP) is 0.105. The van der Waals surface area contributed by atoms with Gasteiger partial charge in [0, 0.05) is 58.3 Å². The van der Waals surface area contributed by atoms with E-state index in [2.05, 4.69) is 0 Å². The van der Waals surface area contributed by atoms with E-state index in [-0.39, 0.29) is 71.8 Å². The van der Waals surface area contributed by atoms with Crippen LogP contribution in [-0.4, -0.2) is 0 Å². The Morgan fingerprint density at radius 2 is 1.00 bits per heavy atom. The van der Waals surface area contributed by atoms with Gasteiger partial charge in [0.25, 0.3) is 0 Å². The van der Waals surface area contributed by atoms with Gasteiger partial charge in [-0.3, -0.25) is 0 Å². The molecule has 0 N–H and O–H groups in total. The van der Waals surface area contributed by atoms with E-state index in [1.807, 2.05) is 0 Å². The molecule has 4 heavy (non-hydrogen) atoms. The molecule has 0 aliphatic carbocycles. The van der Waals surface area contributed by atoms with Gasteiger partial charge in [0.1, 0.15) is 0 Å². The maximum absolute atomic E-state index is 0. The normalized spacial score (nSPS) is 0. The molecule has 0 saturated carbocycles. The van der Waals surface area contributed by atoms with Gasteiger partial charge in [0.2, 0.25) is 0 Å². The molecule has 0 nitrogen and oxygen atoms in total. The monoisotopic (exact) mass is 263 g/mol. The summed E-state index contributed by atoms with van der Waals surface area (Å²) in [7, 11) is 0. The molecule has 0 amide bonds. The van der Waals surface area contributed by atoms with Crippen LogP contribution in [0, 0.1) is 0 Å². The summed E-state index contributed by atoms with van der Waals surface area (Å²) in [5.41, 5.74) is 0. The van der Waals surface area contributed by atoms with Crippen molar-refractivity contribution in [3.05, 3.63) is 0 Å². The number of hydrogen-bond acceptors (Lipinski definition) is 0. The first-order chi connectivity index (χ1) is 0. The van der Waals surface area contributed by atoms with Crippen LogP contribution in [0.2, 0.25) is 0 Å². The van der Waals surface area contributed by atoms with Crippen molar-refractivity contribution in [2.24, 2.45) is 0 Å². The summed E-state index contributed by atoms with van der Waals surface area (Å²) in [6.45, 7) is 0. The van der Waals surface area contributed by atoms with Crippen LogP contribution < -0.4 is 0 Å². The first-order valence-corrected chi connectivity index (χ1v) is 0. The van der Waals surface area contributed by atoms with E-state index in [0.717, 1.165) is 0 Å². The molecule has 31 valence electrons. The van der Waals surface area contributed by atoms with E-state index in [1.165, 1.54) is 0 Å². The Hall–Kier alpha value is 2.21. The standard InChI is InChI=1S/Ag.Ni.H2S.Zn/h;;1H2;. The molecule has 1 radical (unpaired) electrons. The van der Waals surface area contributed by atoms with Gasteiger partial charge in [-0.1, -0.05) is 0 Å². The van der Waals surface area contributed by atoms with Gasteiger partial charge >= 0.3 is 0 Å². The third-order valence-electron chi connectivity index (χ3n) is 0. The Kier molecular flexibility index (Phi) is 163. The Balaban J connectivity index is 0. The Labute approximate surface area is 71.1 Å². The largest absolute Gasteiger partial charge is 0.197 e. The zero-order valence-electron chi connectivity index (χ0n) is 1.82. The molecule has 0 saturated heterocycles. The molecule has 0 spiro atoms. The van der Waals surface area contributed by atoms with Crippen LogP contribution in [0.25, 0.3) is 0 Å². The van der Waals surface area contributed by atoms with Crippen molar-refractivity contribution in [3.8, 4) is 0 Å². The van der Waals surface area contributed by atoms with Gasteiger partial charge in [-0.15, -0.1) is 0 Å². The molecule has 0 fully saturated rings. The Bertz CT molecular complexity index is 8.00. The molecule has 0 aromatic heterocycles. The molecular weight excluding hydrogens is 264 g/mol. The summed E-state index contributed by atoms with van der Waals surface area (Å²) in [6.07, 6.45) is 0. The van der Waals surface area contributed by atoms with Crippen LogP contribution >= 0.6 is 13.5 Å². The van der Waals surface area contributed by atoms with Crippen LogP contribution in [0.5, 0.6) is 0 Å². The van der Waals surface area contributed by atoms with E-state index in [4.69, 9.17) is 0 Å². The minimum Gasteiger partial charge on any atom is -0.197 e. The van der Waals surface area contributed by atoms with Gasteiger partial charge in [0.05, 0.1) is 0 Å². The molecule has 0 rings (SSSR count). The fourth-order valence-electron chi connectivity index (χ4n) is 0. The van der Waals surface area contributed by atoms with Gasteiger partial charge in [-0.25, -0.2) is 0 Å². The molecule has 0 atom stereocenters. The minimum atomic E-state index is 0. The SMILES string of the molecule is S.[Ag].[Ni].[Zn]. The molecule has 0 bridgehead atoms. The third-order valence-corrected chi connectivity index (χ3v) is 0. The first kappa shape index (κ1) is 34.5. The molecule has 0 unspecified atom stereocenters. The summed E-state index contributed by atoms with van der Waals surface area (Å²) in [5, 5.41) is 0. The smallest absolute Gasteiger partial charge is 0 e. The van der Waals surface area contributed by atoms with E-state index < -0.39 is 0 Å². The van der Waals surface area contributed by atoms with Crippen molar-refractivity contribution < 1.29 is 58.3 Å². The maximum Gasteiger partial charge on any atom is 0 e. The van der Waals surface area contributed by atoms with Crippen molar-refractivity contribution in [2.75, 3.05) is 0 Å². The molecule has 4 heteroatoms. The zero-order valence-corrected chi connectivity index (χ0v) is 8.26. The maximum atomic E-state index is 0. The molecule has 0 heterocycles. The average molecular weight is 266 g/mol. The van der Waals surface area contributed by atoms with E-state index in [1.54, 1.807) is 0 Å². The predicted molar refractivity (Wildman–Crippen MR) is 10.4 cm³/mol.